The van der Waals surface area contributed by atoms with Gasteiger partial charge in [0.15, 0.2) is 0 Å². The number of halogens is 2. The summed E-state index contributed by atoms with van der Waals surface area (Å²) in [7, 11) is 0. The van der Waals surface area contributed by atoms with Gasteiger partial charge in [-0.1, -0.05) is 23.4 Å². The van der Waals surface area contributed by atoms with Crippen LogP contribution >= 0.6 is 11.6 Å². The zero-order valence-electron chi connectivity index (χ0n) is 15.2. The molecule has 7 heteroatoms. The highest BCUT2D eigenvalue weighted by Crippen LogP contribution is 2.29. The smallest absolute Gasteiger partial charge is 0.131 e. The van der Waals surface area contributed by atoms with Crippen LogP contribution in [-0.2, 0) is 6.54 Å². The summed E-state index contributed by atoms with van der Waals surface area (Å²) in [6, 6.07) is 1.79. The standard InChI is InChI=1S/C20H24ClFN4O/c21-20-9-19(23-10-15-1-3-16(14-27)4-2-15)18(12-24-20)6-5-17-11-25-26(13-17)8-7-22/h9,11-13,15-16,27H,1-4,7-8,10,14H2,(H,23,24). The van der Waals surface area contributed by atoms with Gasteiger partial charge < -0.3 is 10.4 Å². The quantitative estimate of drug-likeness (QED) is 0.585. The number of aliphatic hydroxyl groups excluding tert-OH is 1. The lowest BCUT2D eigenvalue weighted by atomic mass is 9.82. The Morgan fingerprint density at radius 3 is 2.74 bits per heavy atom. The molecule has 2 aromatic rings. The van der Waals surface area contributed by atoms with Gasteiger partial charge in [-0.2, -0.15) is 5.10 Å². The van der Waals surface area contributed by atoms with Gasteiger partial charge in [0.05, 0.1) is 29.6 Å². The first kappa shape index (κ1) is 19.7. The molecule has 2 aromatic heterocycles. The Balaban J connectivity index is 1.65. The summed E-state index contributed by atoms with van der Waals surface area (Å²) >= 11 is 6.06. The maximum absolute atomic E-state index is 12.4. The van der Waals surface area contributed by atoms with Gasteiger partial charge in [-0.3, -0.25) is 4.68 Å². The van der Waals surface area contributed by atoms with Gasteiger partial charge in [0.2, 0.25) is 0 Å². The molecule has 0 unspecified atom stereocenters. The maximum atomic E-state index is 12.4. The summed E-state index contributed by atoms with van der Waals surface area (Å²) in [6.45, 7) is 0.919. The zero-order valence-corrected chi connectivity index (χ0v) is 15.9. The molecular weight excluding hydrogens is 367 g/mol. The van der Waals surface area contributed by atoms with Crippen molar-refractivity contribution >= 4 is 17.3 Å². The van der Waals surface area contributed by atoms with Crippen LogP contribution in [0.15, 0.2) is 24.7 Å². The lowest BCUT2D eigenvalue weighted by Crippen LogP contribution is -2.23. The minimum Gasteiger partial charge on any atom is -0.396 e. The second-order valence-electron chi connectivity index (χ2n) is 6.93. The molecular formula is C20H24ClFN4O. The third kappa shape index (κ3) is 5.69. The predicted molar refractivity (Wildman–Crippen MR) is 104 cm³/mol. The van der Waals surface area contributed by atoms with E-state index in [0.29, 0.717) is 23.6 Å². The Bertz CT molecular complexity index is 806. The fourth-order valence-corrected chi connectivity index (χ4v) is 3.48. The Hall–Kier alpha value is -2.10. The van der Waals surface area contributed by atoms with Crippen LogP contribution in [0.3, 0.4) is 0 Å². The third-order valence-electron chi connectivity index (χ3n) is 4.96. The maximum Gasteiger partial charge on any atom is 0.131 e. The van der Waals surface area contributed by atoms with Gasteiger partial charge in [-0.25, -0.2) is 9.37 Å². The molecule has 27 heavy (non-hydrogen) atoms. The fraction of sp³-hybridized carbons (Fsp3) is 0.500. The number of aryl methyl sites for hydroxylation is 1. The van der Waals surface area contributed by atoms with Crippen LogP contribution in [0.2, 0.25) is 5.15 Å². The van der Waals surface area contributed by atoms with Crippen molar-refractivity contribution in [2.45, 2.75) is 32.2 Å². The average Bonchev–Trinajstić information content (AvgIpc) is 3.14. The molecule has 0 bridgehead atoms. The number of nitrogens with one attached hydrogen (secondary N) is 1. The summed E-state index contributed by atoms with van der Waals surface area (Å²) < 4.78 is 13.9. The summed E-state index contributed by atoms with van der Waals surface area (Å²) in [6.07, 6.45) is 9.40. The predicted octanol–water partition coefficient (Wildman–Crippen LogP) is 3.51. The molecule has 0 spiro atoms. The number of aromatic nitrogens is 3. The molecule has 0 atom stereocenters. The van der Waals surface area contributed by atoms with E-state index in [4.69, 9.17) is 11.6 Å². The van der Waals surface area contributed by atoms with Gasteiger partial charge in [0.25, 0.3) is 0 Å². The molecule has 2 heterocycles. The second kappa shape index (κ2) is 9.72. The highest BCUT2D eigenvalue weighted by molar-refractivity contribution is 6.29. The van der Waals surface area contributed by atoms with Crippen LogP contribution in [-0.4, -0.2) is 39.7 Å². The number of hydrogen-bond acceptors (Lipinski definition) is 4. The molecule has 0 amide bonds. The first-order valence-corrected chi connectivity index (χ1v) is 9.66. The van der Waals surface area contributed by atoms with Gasteiger partial charge in [0, 0.05) is 25.5 Å². The third-order valence-corrected chi connectivity index (χ3v) is 5.17. The van der Waals surface area contributed by atoms with E-state index in [1.807, 2.05) is 0 Å². The molecule has 3 rings (SSSR count). The van der Waals surface area contributed by atoms with Crippen molar-refractivity contribution in [2.24, 2.45) is 11.8 Å². The Morgan fingerprint density at radius 1 is 1.22 bits per heavy atom. The van der Waals surface area contributed by atoms with Crippen molar-refractivity contribution in [3.8, 4) is 11.8 Å². The van der Waals surface area contributed by atoms with Crippen molar-refractivity contribution in [3.63, 3.8) is 0 Å². The van der Waals surface area contributed by atoms with E-state index in [2.05, 4.69) is 27.2 Å². The molecule has 1 aliphatic carbocycles. The van der Waals surface area contributed by atoms with Crippen LogP contribution < -0.4 is 5.32 Å². The number of pyridine rings is 1. The van der Waals surface area contributed by atoms with E-state index in [1.165, 1.54) is 4.68 Å². The zero-order chi connectivity index (χ0) is 19.1. The molecule has 5 nitrogen and oxygen atoms in total. The molecule has 1 aliphatic rings. The van der Waals surface area contributed by atoms with Crippen LogP contribution in [0.5, 0.6) is 0 Å². The Labute approximate surface area is 164 Å². The lowest BCUT2D eigenvalue weighted by Gasteiger charge is -2.27. The first-order chi connectivity index (χ1) is 13.2. The molecule has 1 fully saturated rings. The lowest BCUT2D eigenvalue weighted by molar-refractivity contribution is 0.170. The average molecular weight is 391 g/mol. The van der Waals surface area contributed by atoms with E-state index in [0.717, 1.165) is 49.0 Å². The molecule has 0 saturated heterocycles. The topological polar surface area (TPSA) is 63.0 Å². The van der Waals surface area contributed by atoms with Crippen molar-refractivity contribution in [3.05, 3.63) is 40.9 Å². The van der Waals surface area contributed by atoms with E-state index in [-0.39, 0.29) is 6.54 Å². The first-order valence-electron chi connectivity index (χ1n) is 9.28. The normalized spacial score (nSPS) is 19.4. The summed E-state index contributed by atoms with van der Waals surface area (Å²) in [5.41, 5.74) is 2.36. The Morgan fingerprint density at radius 2 is 2.00 bits per heavy atom. The van der Waals surface area contributed by atoms with E-state index in [1.54, 1.807) is 24.7 Å². The Kier molecular flexibility index (Phi) is 7.08. The van der Waals surface area contributed by atoms with E-state index < -0.39 is 6.67 Å². The molecule has 0 aromatic carbocycles. The highest BCUT2D eigenvalue weighted by atomic mass is 35.5. The summed E-state index contributed by atoms with van der Waals surface area (Å²) in [4.78, 5) is 4.13. The van der Waals surface area contributed by atoms with Gasteiger partial charge in [-0.05, 0) is 43.6 Å². The molecule has 2 N–H and O–H groups in total. The van der Waals surface area contributed by atoms with Crippen molar-refractivity contribution < 1.29 is 9.50 Å². The van der Waals surface area contributed by atoms with Crippen LogP contribution in [0.4, 0.5) is 10.1 Å². The minimum absolute atomic E-state index is 0.232. The largest absolute Gasteiger partial charge is 0.396 e. The van der Waals surface area contributed by atoms with Crippen LogP contribution in [0.25, 0.3) is 0 Å². The van der Waals surface area contributed by atoms with E-state index >= 15 is 0 Å². The summed E-state index contributed by atoms with van der Waals surface area (Å²) in [5, 5.41) is 17.2. The van der Waals surface area contributed by atoms with Crippen molar-refractivity contribution in [1.82, 2.24) is 14.8 Å². The van der Waals surface area contributed by atoms with E-state index in [9.17, 15) is 9.50 Å². The van der Waals surface area contributed by atoms with Crippen LogP contribution in [0, 0.1) is 23.7 Å². The summed E-state index contributed by atoms with van der Waals surface area (Å²) in [5.74, 6) is 7.18. The van der Waals surface area contributed by atoms with Gasteiger partial charge in [-0.15, -0.1) is 0 Å². The highest BCUT2D eigenvalue weighted by Gasteiger charge is 2.20. The number of aliphatic hydroxyl groups is 1. The second-order valence-corrected chi connectivity index (χ2v) is 7.32. The van der Waals surface area contributed by atoms with Crippen molar-refractivity contribution in [2.75, 3.05) is 25.1 Å². The molecule has 0 radical (unpaired) electrons. The van der Waals surface area contributed by atoms with Gasteiger partial charge in [0.1, 0.15) is 11.8 Å². The number of nitrogens with zero attached hydrogens (tertiary/aromatic N) is 3. The number of anilines is 1. The molecule has 1 saturated carbocycles. The van der Waals surface area contributed by atoms with Crippen molar-refractivity contribution in [1.29, 1.82) is 0 Å². The van der Waals surface area contributed by atoms with Gasteiger partial charge >= 0.3 is 0 Å². The monoisotopic (exact) mass is 390 g/mol. The number of rotatable bonds is 6. The minimum atomic E-state index is -0.454. The SMILES string of the molecule is OCC1CCC(CNc2cc(Cl)ncc2C#Cc2cnn(CCF)c2)CC1. The molecule has 144 valence electrons. The fourth-order valence-electron chi connectivity index (χ4n) is 3.32. The molecule has 0 aliphatic heterocycles. The number of hydrogen-bond donors (Lipinski definition) is 2. The number of alkyl halides is 1. The van der Waals surface area contributed by atoms with Crippen LogP contribution in [0.1, 0.15) is 36.8 Å².